The van der Waals surface area contributed by atoms with E-state index in [2.05, 4.69) is 50.5 Å². The van der Waals surface area contributed by atoms with Crippen LogP contribution < -0.4 is 10.6 Å². The van der Waals surface area contributed by atoms with Gasteiger partial charge in [0.2, 0.25) is 0 Å². The average molecular weight is 461 g/mol. The van der Waals surface area contributed by atoms with Crippen molar-refractivity contribution in [1.29, 1.82) is 0 Å². The van der Waals surface area contributed by atoms with Crippen molar-refractivity contribution in [2.45, 2.75) is 19.9 Å². The lowest BCUT2D eigenvalue weighted by Gasteiger charge is -2.16. The molecule has 0 saturated carbocycles. The van der Waals surface area contributed by atoms with E-state index in [-0.39, 0.29) is 6.04 Å². The summed E-state index contributed by atoms with van der Waals surface area (Å²) in [6.45, 7) is 4.13. The van der Waals surface area contributed by atoms with Crippen LogP contribution in [0.5, 0.6) is 5.75 Å². The molecule has 0 atom stereocenters. The summed E-state index contributed by atoms with van der Waals surface area (Å²) < 4.78 is 14.5. The van der Waals surface area contributed by atoms with Crippen LogP contribution in [0.25, 0.3) is 32.9 Å². The highest BCUT2D eigenvalue weighted by molar-refractivity contribution is 7.16. The van der Waals surface area contributed by atoms with Crippen LogP contribution in [0.15, 0.2) is 60.4 Å². The molecule has 3 aromatic heterocycles. The summed E-state index contributed by atoms with van der Waals surface area (Å²) in [5.41, 5.74) is 6.81. The molecule has 5 aromatic rings. The Morgan fingerprint density at radius 2 is 1.91 bits per heavy atom. The maximum Gasteiger partial charge on any atom is 0.164 e. The van der Waals surface area contributed by atoms with Gasteiger partial charge in [0.1, 0.15) is 11.6 Å². The summed E-state index contributed by atoms with van der Waals surface area (Å²) >= 11 is 1.59. The van der Waals surface area contributed by atoms with Crippen LogP contribution in [-0.2, 0) is 0 Å². The van der Waals surface area contributed by atoms with Gasteiger partial charge in [-0.25, -0.2) is 19.3 Å². The Morgan fingerprint density at radius 1 is 1.03 bits per heavy atom. The molecule has 7 nitrogen and oxygen atoms in total. The molecular formula is C24H21FN6OS. The summed E-state index contributed by atoms with van der Waals surface area (Å²) in [5.74, 6) is 0.141. The number of aromatic amines is 1. The molecule has 0 radical (unpaired) electrons. The number of aromatic hydroxyl groups is 1. The average Bonchev–Trinajstić information content (AvgIpc) is 3.45. The van der Waals surface area contributed by atoms with Crippen molar-refractivity contribution in [3.8, 4) is 28.4 Å². The van der Waals surface area contributed by atoms with Gasteiger partial charge >= 0.3 is 0 Å². The quantitative estimate of drug-likeness (QED) is 0.242. The highest BCUT2D eigenvalue weighted by Gasteiger charge is 2.14. The Bertz CT molecular complexity index is 1440. The zero-order valence-electron chi connectivity index (χ0n) is 17.9. The fourth-order valence-electron chi connectivity index (χ4n) is 3.51. The van der Waals surface area contributed by atoms with Gasteiger partial charge in [0.15, 0.2) is 11.6 Å². The Morgan fingerprint density at radius 3 is 2.73 bits per heavy atom. The monoisotopic (exact) mass is 460 g/mol. The fourth-order valence-corrected chi connectivity index (χ4v) is 4.23. The lowest BCUT2D eigenvalue weighted by Crippen LogP contribution is -2.11. The van der Waals surface area contributed by atoms with Gasteiger partial charge in [0.25, 0.3) is 0 Å². The van der Waals surface area contributed by atoms with Gasteiger partial charge in [-0.1, -0.05) is 0 Å². The molecule has 0 unspecified atom stereocenters. The number of imidazole rings is 1. The molecule has 0 saturated heterocycles. The van der Waals surface area contributed by atoms with Crippen molar-refractivity contribution < 1.29 is 9.50 Å². The number of aromatic nitrogens is 4. The van der Waals surface area contributed by atoms with Crippen LogP contribution in [0.4, 0.5) is 21.6 Å². The predicted molar refractivity (Wildman–Crippen MR) is 131 cm³/mol. The van der Waals surface area contributed by atoms with E-state index < -0.39 is 11.6 Å². The number of hydrogen-bond donors (Lipinski definition) is 4. The van der Waals surface area contributed by atoms with Crippen LogP contribution in [0.2, 0.25) is 0 Å². The van der Waals surface area contributed by atoms with E-state index in [0.717, 1.165) is 32.8 Å². The van der Waals surface area contributed by atoms with E-state index in [1.807, 2.05) is 23.7 Å². The van der Waals surface area contributed by atoms with Gasteiger partial charge in [-0.2, -0.15) is 0 Å². The lowest BCUT2D eigenvalue weighted by molar-refractivity contribution is 0.432. The van der Waals surface area contributed by atoms with Crippen molar-refractivity contribution in [3.05, 3.63) is 66.2 Å². The minimum absolute atomic E-state index is 0.198. The zero-order chi connectivity index (χ0) is 22.9. The number of phenols is 1. The Hall–Kier alpha value is -3.98. The number of thiazole rings is 1. The van der Waals surface area contributed by atoms with Crippen LogP contribution in [0.1, 0.15) is 13.8 Å². The third-order valence-corrected chi connectivity index (χ3v) is 5.83. The Labute approximate surface area is 193 Å². The fraction of sp³-hybridized carbons (Fsp3) is 0.125. The standard InChI is InChI=1S/C24H21FN6OS/c1-13(2)29-19-9-23(30-15-4-6-18-22(8-15)33-12-28-18)26-10-16(19)20-11-27-24(31-20)14-3-5-17(25)21(32)7-14/h3-13,32H,1-2H3,(H,27,31)(H2,26,29,30). The SMILES string of the molecule is CC(C)Nc1cc(Nc2ccc3ncsc3c2)ncc1-c1cnc(-c2ccc(F)c(O)c2)[nH]1. The summed E-state index contributed by atoms with van der Waals surface area (Å²) in [6.07, 6.45) is 3.47. The van der Waals surface area contributed by atoms with Gasteiger partial charge < -0.3 is 20.7 Å². The first-order valence-electron chi connectivity index (χ1n) is 10.4. The molecule has 9 heteroatoms. The summed E-state index contributed by atoms with van der Waals surface area (Å²) in [4.78, 5) is 16.6. The highest BCUT2D eigenvalue weighted by Crippen LogP contribution is 2.32. The largest absolute Gasteiger partial charge is 0.505 e. The predicted octanol–water partition coefficient (Wildman–Crippen LogP) is 6.16. The minimum atomic E-state index is -0.671. The minimum Gasteiger partial charge on any atom is -0.505 e. The molecule has 0 aliphatic carbocycles. The zero-order valence-corrected chi connectivity index (χ0v) is 18.7. The molecule has 0 fully saturated rings. The number of nitrogens with one attached hydrogen (secondary N) is 3. The highest BCUT2D eigenvalue weighted by atomic mass is 32.1. The third-order valence-electron chi connectivity index (χ3n) is 5.04. The number of nitrogens with zero attached hydrogens (tertiary/aromatic N) is 3. The molecule has 0 aliphatic rings. The van der Waals surface area contributed by atoms with E-state index in [4.69, 9.17) is 0 Å². The molecule has 0 amide bonds. The number of rotatable bonds is 6. The maximum absolute atomic E-state index is 13.4. The van der Waals surface area contributed by atoms with Crippen molar-refractivity contribution in [1.82, 2.24) is 19.9 Å². The molecule has 166 valence electrons. The number of anilines is 3. The van der Waals surface area contributed by atoms with Crippen molar-refractivity contribution >= 4 is 38.7 Å². The normalized spacial score (nSPS) is 11.3. The summed E-state index contributed by atoms with van der Waals surface area (Å²) in [6, 6.07) is 12.3. The second kappa shape index (κ2) is 8.51. The number of halogens is 1. The second-order valence-electron chi connectivity index (χ2n) is 7.89. The summed E-state index contributed by atoms with van der Waals surface area (Å²) in [7, 11) is 0. The maximum atomic E-state index is 13.4. The number of benzene rings is 2. The Balaban J connectivity index is 1.47. The second-order valence-corrected chi connectivity index (χ2v) is 8.77. The number of H-pyrrole nitrogens is 1. The van der Waals surface area contributed by atoms with Crippen molar-refractivity contribution in [2.24, 2.45) is 0 Å². The van der Waals surface area contributed by atoms with Crippen molar-refractivity contribution in [2.75, 3.05) is 10.6 Å². The van der Waals surface area contributed by atoms with Gasteiger partial charge in [-0.05, 0) is 50.2 Å². The number of hydrogen-bond acceptors (Lipinski definition) is 7. The van der Waals surface area contributed by atoms with Crippen LogP contribution >= 0.6 is 11.3 Å². The molecule has 2 aromatic carbocycles. The first-order chi connectivity index (χ1) is 16.0. The summed E-state index contributed by atoms with van der Waals surface area (Å²) in [5, 5.41) is 16.5. The van der Waals surface area contributed by atoms with E-state index in [1.54, 1.807) is 29.8 Å². The first-order valence-corrected chi connectivity index (χ1v) is 11.3. The molecular weight excluding hydrogens is 439 g/mol. The smallest absolute Gasteiger partial charge is 0.164 e. The number of phenolic OH excluding ortho intramolecular Hbond substituents is 1. The van der Waals surface area contributed by atoms with Crippen LogP contribution in [0.3, 0.4) is 0 Å². The van der Waals surface area contributed by atoms with Gasteiger partial charge in [-0.15, -0.1) is 11.3 Å². The molecule has 3 heterocycles. The third kappa shape index (κ3) is 4.35. The van der Waals surface area contributed by atoms with Gasteiger partial charge in [-0.3, -0.25) is 0 Å². The van der Waals surface area contributed by atoms with Crippen LogP contribution in [0, 0.1) is 5.82 Å². The van der Waals surface area contributed by atoms with E-state index >= 15 is 0 Å². The molecule has 0 aliphatic heterocycles. The number of fused-ring (bicyclic) bond motifs is 1. The van der Waals surface area contributed by atoms with E-state index in [1.165, 1.54) is 12.1 Å². The molecule has 5 rings (SSSR count). The Kier molecular flexibility index (Phi) is 5.39. The lowest BCUT2D eigenvalue weighted by atomic mass is 10.1. The van der Waals surface area contributed by atoms with Gasteiger partial charge in [0, 0.05) is 40.8 Å². The van der Waals surface area contributed by atoms with Gasteiger partial charge in [0.05, 0.1) is 27.6 Å². The molecule has 4 N–H and O–H groups in total. The molecule has 0 spiro atoms. The number of pyridine rings is 1. The topological polar surface area (TPSA) is 98.8 Å². The molecule has 0 bridgehead atoms. The van der Waals surface area contributed by atoms with E-state index in [0.29, 0.717) is 17.2 Å². The first kappa shape index (κ1) is 20.9. The van der Waals surface area contributed by atoms with E-state index in [9.17, 15) is 9.50 Å². The molecule has 33 heavy (non-hydrogen) atoms. The van der Waals surface area contributed by atoms with Crippen molar-refractivity contribution in [3.63, 3.8) is 0 Å². The van der Waals surface area contributed by atoms with Crippen LogP contribution in [-0.4, -0.2) is 31.1 Å².